The number of hydrogen-bond acceptors (Lipinski definition) is 3. The molecule has 0 aliphatic heterocycles. The number of aromatic hydroxyl groups is 1. The van der Waals surface area contributed by atoms with E-state index in [4.69, 9.17) is 38.2 Å². The van der Waals surface area contributed by atoms with Gasteiger partial charge in [0, 0.05) is 5.02 Å². The SMILES string of the molecule is O=C(O)c1cc(Cl)cc(Cl)c1Oc1ccc(O)cc1. The summed E-state index contributed by atoms with van der Waals surface area (Å²) in [5.41, 5.74) is -0.134. The highest BCUT2D eigenvalue weighted by molar-refractivity contribution is 6.36. The molecule has 2 rings (SSSR count). The van der Waals surface area contributed by atoms with Crippen molar-refractivity contribution in [3.63, 3.8) is 0 Å². The first-order valence-corrected chi connectivity index (χ1v) is 5.92. The normalized spacial score (nSPS) is 10.2. The van der Waals surface area contributed by atoms with Crippen molar-refractivity contribution in [2.45, 2.75) is 0 Å². The molecule has 0 fully saturated rings. The summed E-state index contributed by atoms with van der Waals surface area (Å²) < 4.78 is 5.43. The number of carbonyl (C=O) groups is 1. The van der Waals surface area contributed by atoms with E-state index < -0.39 is 5.97 Å². The molecule has 0 radical (unpaired) electrons. The zero-order valence-electron chi connectivity index (χ0n) is 9.43. The Morgan fingerprint density at radius 3 is 2.32 bits per heavy atom. The molecule has 0 saturated carbocycles. The third-order valence-electron chi connectivity index (χ3n) is 2.30. The maximum absolute atomic E-state index is 11.1. The Kier molecular flexibility index (Phi) is 3.83. The fourth-order valence-electron chi connectivity index (χ4n) is 1.45. The molecule has 0 unspecified atom stereocenters. The number of rotatable bonds is 3. The number of ether oxygens (including phenoxy) is 1. The molecule has 0 atom stereocenters. The number of carboxylic acids is 1. The van der Waals surface area contributed by atoms with Crippen LogP contribution in [0.15, 0.2) is 36.4 Å². The van der Waals surface area contributed by atoms with E-state index in [1.807, 2.05) is 0 Å². The van der Waals surface area contributed by atoms with Crippen molar-refractivity contribution in [3.8, 4) is 17.2 Å². The quantitative estimate of drug-likeness (QED) is 0.891. The molecule has 0 aliphatic carbocycles. The van der Waals surface area contributed by atoms with E-state index in [1.54, 1.807) is 0 Å². The lowest BCUT2D eigenvalue weighted by atomic mass is 10.2. The summed E-state index contributed by atoms with van der Waals surface area (Å²) in [7, 11) is 0. The summed E-state index contributed by atoms with van der Waals surface area (Å²) >= 11 is 11.7. The Labute approximate surface area is 118 Å². The summed E-state index contributed by atoms with van der Waals surface area (Å²) in [6.07, 6.45) is 0. The molecular formula is C13H8Cl2O4. The topological polar surface area (TPSA) is 66.8 Å². The van der Waals surface area contributed by atoms with E-state index in [0.717, 1.165) is 0 Å². The van der Waals surface area contributed by atoms with E-state index in [9.17, 15) is 4.79 Å². The summed E-state index contributed by atoms with van der Waals surface area (Å²) in [6, 6.07) is 8.47. The summed E-state index contributed by atoms with van der Waals surface area (Å²) in [6.45, 7) is 0. The molecule has 6 heteroatoms. The molecular weight excluding hydrogens is 291 g/mol. The molecule has 0 saturated heterocycles. The van der Waals surface area contributed by atoms with Crippen LogP contribution in [0.3, 0.4) is 0 Å². The van der Waals surface area contributed by atoms with Gasteiger partial charge in [-0.25, -0.2) is 4.79 Å². The minimum Gasteiger partial charge on any atom is -0.508 e. The van der Waals surface area contributed by atoms with Crippen LogP contribution in [-0.4, -0.2) is 16.2 Å². The van der Waals surface area contributed by atoms with Gasteiger partial charge in [-0.15, -0.1) is 0 Å². The highest BCUT2D eigenvalue weighted by Gasteiger charge is 2.17. The van der Waals surface area contributed by atoms with Crippen molar-refractivity contribution in [1.29, 1.82) is 0 Å². The van der Waals surface area contributed by atoms with Gasteiger partial charge in [-0.3, -0.25) is 0 Å². The fraction of sp³-hybridized carbons (Fsp3) is 0. The molecule has 0 aliphatic rings. The second kappa shape index (κ2) is 5.38. The van der Waals surface area contributed by atoms with E-state index in [0.29, 0.717) is 5.75 Å². The van der Waals surface area contributed by atoms with Crippen LogP contribution >= 0.6 is 23.2 Å². The molecule has 2 aromatic carbocycles. The second-order valence-electron chi connectivity index (χ2n) is 3.67. The van der Waals surface area contributed by atoms with Crippen LogP contribution in [0.25, 0.3) is 0 Å². The maximum Gasteiger partial charge on any atom is 0.339 e. The Bertz CT molecular complexity index is 623. The first kappa shape index (κ1) is 13.5. The number of aromatic carboxylic acids is 1. The van der Waals surface area contributed by atoms with Gasteiger partial charge in [0.25, 0.3) is 0 Å². The molecule has 2 N–H and O–H groups in total. The van der Waals surface area contributed by atoms with Gasteiger partial charge in [0.05, 0.1) is 5.02 Å². The van der Waals surface area contributed by atoms with E-state index in [1.165, 1.54) is 36.4 Å². The standard InChI is InChI=1S/C13H8Cl2O4/c14-7-5-10(13(17)18)12(11(15)6-7)19-9-3-1-8(16)2-4-9/h1-6,16H,(H,17,18). The summed E-state index contributed by atoms with van der Waals surface area (Å²) in [5.74, 6) is -0.764. The molecule has 0 bridgehead atoms. The van der Waals surface area contributed by atoms with Crippen molar-refractivity contribution in [1.82, 2.24) is 0 Å². The number of phenols is 1. The summed E-state index contributed by atoms with van der Waals surface area (Å²) in [4.78, 5) is 11.1. The van der Waals surface area contributed by atoms with Crippen molar-refractivity contribution >= 4 is 29.2 Å². The van der Waals surface area contributed by atoms with Gasteiger partial charge >= 0.3 is 5.97 Å². The van der Waals surface area contributed by atoms with Gasteiger partial charge in [0.15, 0.2) is 5.75 Å². The fourth-order valence-corrected chi connectivity index (χ4v) is 1.99. The molecule has 0 spiro atoms. The lowest BCUT2D eigenvalue weighted by molar-refractivity contribution is 0.0694. The minimum atomic E-state index is -1.20. The van der Waals surface area contributed by atoms with Crippen LogP contribution in [0.1, 0.15) is 10.4 Å². The van der Waals surface area contributed by atoms with Crippen LogP contribution in [0.5, 0.6) is 17.2 Å². The minimum absolute atomic E-state index is 0.00394. The molecule has 0 amide bonds. The largest absolute Gasteiger partial charge is 0.508 e. The van der Waals surface area contributed by atoms with Crippen molar-refractivity contribution < 1.29 is 19.7 Å². The van der Waals surface area contributed by atoms with E-state index in [2.05, 4.69) is 0 Å². The number of halogens is 2. The average Bonchev–Trinajstić information content (AvgIpc) is 2.34. The molecule has 98 valence electrons. The number of benzene rings is 2. The van der Waals surface area contributed by atoms with Gasteiger partial charge in [-0.05, 0) is 36.4 Å². The number of phenolic OH excluding ortho intramolecular Hbond substituents is 1. The number of carboxylic acid groups (broad SMARTS) is 1. The maximum atomic E-state index is 11.1. The van der Waals surface area contributed by atoms with Gasteiger partial charge in [0.1, 0.15) is 17.1 Å². The van der Waals surface area contributed by atoms with Crippen molar-refractivity contribution in [2.75, 3.05) is 0 Å². The van der Waals surface area contributed by atoms with Gasteiger partial charge in [-0.2, -0.15) is 0 Å². The van der Waals surface area contributed by atoms with Crippen LogP contribution in [0.2, 0.25) is 10.0 Å². The highest BCUT2D eigenvalue weighted by Crippen LogP contribution is 2.36. The first-order chi connectivity index (χ1) is 8.97. The molecule has 2 aromatic rings. The van der Waals surface area contributed by atoms with Crippen LogP contribution in [-0.2, 0) is 0 Å². The van der Waals surface area contributed by atoms with E-state index in [-0.39, 0.29) is 27.1 Å². The molecule has 0 heterocycles. The van der Waals surface area contributed by atoms with Gasteiger partial charge in [-0.1, -0.05) is 23.2 Å². The highest BCUT2D eigenvalue weighted by atomic mass is 35.5. The van der Waals surface area contributed by atoms with Gasteiger partial charge in [0.2, 0.25) is 0 Å². The molecule has 19 heavy (non-hydrogen) atoms. The summed E-state index contributed by atoms with van der Waals surface area (Å²) in [5, 5.41) is 18.6. The van der Waals surface area contributed by atoms with Crippen molar-refractivity contribution in [2.24, 2.45) is 0 Å². The van der Waals surface area contributed by atoms with Crippen molar-refractivity contribution in [3.05, 3.63) is 52.0 Å². The average molecular weight is 299 g/mol. The third kappa shape index (κ3) is 3.10. The second-order valence-corrected chi connectivity index (χ2v) is 4.51. The first-order valence-electron chi connectivity index (χ1n) is 5.16. The van der Waals surface area contributed by atoms with Gasteiger partial charge < -0.3 is 14.9 Å². The zero-order valence-corrected chi connectivity index (χ0v) is 10.9. The predicted octanol–water partition coefficient (Wildman–Crippen LogP) is 4.19. The zero-order chi connectivity index (χ0) is 14.0. The van der Waals surface area contributed by atoms with Crippen LogP contribution in [0, 0.1) is 0 Å². The Hall–Kier alpha value is -1.91. The Morgan fingerprint density at radius 2 is 1.74 bits per heavy atom. The Balaban J connectivity index is 2.44. The third-order valence-corrected chi connectivity index (χ3v) is 2.79. The monoisotopic (exact) mass is 298 g/mol. The lowest BCUT2D eigenvalue weighted by Crippen LogP contribution is -2.00. The molecule has 4 nitrogen and oxygen atoms in total. The number of hydrogen-bond donors (Lipinski definition) is 2. The Morgan fingerprint density at radius 1 is 1.11 bits per heavy atom. The molecule has 0 aromatic heterocycles. The smallest absolute Gasteiger partial charge is 0.339 e. The van der Waals surface area contributed by atoms with E-state index >= 15 is 0 Å². The lowest BCUT2D eigenvalue weighted by Gasteiger charge is -2.11. The predicted molar refractivity (Wildman–Crippen MR) is 71.6 cm³/mol. The van der Waals surface area contributed by atoms with Crippen LogP contribution < -0.4 is 4.74 Å². The van der Waals surface area contributed by atoms with Crippen LogP contribution in [0.4, 0.5) is 0 Å².